The minimum Gasteiger partial charge on any atom is -0.206 e. The quantitative estimate of drug-likeness (QED) is 0.109. The van der Waals surface area contributed by atoms with Crippen LogP contribution in [0.3, 0.4) is 0 Å². The Morgan fingerprint density at radius 2 is 0.663 bits per heavy atom. The Labute approximate surface area is 528 Å². The molecule has 0 N–H and O–H groups in total. The average molecular weight is 1320 g/mol. The van der Waals surface area contributed by atoms with Gasteiger partial charge in [0.2, 0.25) is 34.4 Å². The van der Waals surface area contributed by atoms with Crippen molar-refractivity contribution in [3.63, 3.8) is 0 Å². The summed E-state index contributed by atoms with van der Waals surface area (Å²) < 4.78 is 184. The number of alkyl halides is 9. The van der Waals surface area contributed by atoms with Crippen LogP contribution in [0.15, 0.2) is 140 Å². The fraction of sp³-hybridized carbons (Fsp3) is 0.270. The molecule has 0 saturated carbocycles. The van der Waals surface area contributed by atoms with Crippen LogP contribution >= 0.6 is 0 Å². The maximum Gasteiger partial charge on any atom is 0.584 e. The van der Waals surface area contributed by atoms with Crippen LogP contribution in [0.4, 0.5) is 52.7 Å². The van der Waals surface area contributed by atoms with Gasteiger partial charge in [-0.3, -0.25) is 0 Å². The number of fused-ring (bicyclic) bond motifs is 30. The van der Waals surface area contributed by atoms with Gasteiger partial charge in [-0.15, -0.1) is 28.9 Å². The van der Waals surface area contributed by atoms with Crippen LogP contribution in [0, 0.1) is 38.2 Å². The minimum atomic E-state index is -4.67. The van der Waals surface area contributed by atoms with Gasteiger partial charge >= 0.3 is 36.3 Å². The van der Waals surface area contributed by atoms with E-state index in [1.54, 1.807) is 76.6 Å². The third-order valence-electron chi connectivity index (χ3n) is 17.7. The van der Waals surface area contributed by atoms with E-state index < -0.39 is 70.8 Å². The molecule has 3 spiro atoms. The molecule has 12 aromatic heterocycles. The summed E-state index contributed by atoms with van der Waals surface area (Å²) in [6, 6.07) is 25.3. The van der Waals surface area contributed by atoms with Gasteiger partial charge in [-0.1, -0.05) is 78.3 Å². The molecule has 0 saturated heterocycles. The Balaban J connectivity index is 0.000000113. The molecule has 32 heteroatoms. The van der Waals surface area contributed by atoms with E-state index in [-0.39, 0.29) is 45.0 Å². The Hall–Kier alpha value is -10.8. The summed E-state index contributed by atoms with van der Waals surface area (Å²) >= 11 is 0. The van der Waals surface area contributed by atoms with E-state index in [0.29, 0.717) is 40.4 Å². The van der Waals surface area contributed by atoms with Crippen molar-refractivity contribution in [1.29, 1.82) is 0 Å². The van der Waals surface area contributed by atoms with Gasteiger partial charge in [-0.25, -0.2) is 23.1 Å². The van der Waals surface area contributed by atoms with E-state index >= 15 is 0 Å². The molecule has 20 nitrogen and oxygen atoms in total. The molecular formula is C63H50F12N20+6. The van der Waals surface area contributed by atoms with E-state index in [0.717, 1.165) is 40.7 Å². The lowest BCUT2D eigenvalue weighted by atomic mass is 9.87. The second-order valence-corrected chi connectivity index (χ2v) is 25.7. The number of aryl methyl sites for hydroxylation is 3. The lowest BCUT2D eigenvalue weighted by molar-refractivity contribution is -0.991. The number of hydrogen-bond acceptors (Lipinski definition) is 8. The molecule has 6 aliphatic rings. The lowest BCUT2D eigenvalue weighted by Gasteiger charge is -2.19. The summed E-state index contributed by atoms with van der Waals surface area (Å²) in [7, 11) is 0. The highest BCUT2D eigenvalue weighted by Crippen LogP contribution is 2.45. The second kappa shape index (κ2) is 18.7. The van der Waals surface area contributed by atoms with Gasteiger partial charge in [0.15, 0.2) is 71.3 Å². The molecule has 0 amide bonds. The van der Waals surface area contributed by atoms with Crippen LogP contribution in [-0.4, -0.2) is 68.7 Å². The van der Waals surface area contributed by atoms with Gasteiger partial charge < -0.3 is 0 Å². The number of rotatable bonds is 0. The van der Waals surface area contributed by atoms with Crippen LogP contribution < -0.4 is 27.4 Å². The number of pyridine rings is 6. The molecule has 18 heterocycles. The summed E-state index contributed by atoms with van der Waals surface area (Å²) in [5, 5.41) is 25.5. The van der Waals surface area contributed by atoms with Crippen LogP contribution in [0.25, 0.3) is 68.6 Å². The zero-order chi connectivity index (χ0) is 67.1. The van der Waals surface area contributed by atoms with Crippen LogP contribution in [0.5, 0.6) is 0 Å². The Bertz CT molecular complexity index is 5100. The summed E-state index contributed by atoms with van der Waals surface area (Å²) in [6.45, 7) is 17.7. The van der Waals surface area contributed by atoms with Gasteiger partial charge in [-0.05, 0) is 54.9 Å². The van der Waals surface area contributed by atoms with Crippen molar-refractivity contribution in [2.75, 3.05) is 0 Å². The van der Waals surface area contributed by atoms with Crippen molar-refractivity contribution in [2.24, 2.45) is 0 Å². The Kier molecular flexibility index (Phi) is 11.7. The molecule has 3 atom stereocenters. The molecule has 0 bridgehead atoms. The molecule has 0 aliphatic carbocycles. The van der Waals surface area contributed by atoms with E-state index in [2.05, 4.69) is 82.1 Å². The molecule has 6 aliphatic heterocycles. The molecule has 3 unspecified atom stereocenters. The molecular weight excluding hydrogens is 1260 g/mol. The topological polar surface area (TPSA) is 156 Å². The first-order chi connectivity index (χ1) is 44.7. The minimum absolute atomic E-state index is 0.125. The molecule has 0 aromatic carbocycles. The fourth-order valence-corrected chi connectivity index (χ4v) is 13.6. The van der Waals surface area contributed by atoms with Crippen molar-refractivity contribution in [2.45, 2.75) is 109 Å². The average Bonchev–Trinajstić information content (AvgIpc) is 1.52. The highest BCUT2D eigenvalue weighted by Gasteiger charge is 2.74. The third-order valence-corrected chi connectivity index (χ3v) is 17.7. The maximum atomic E-state index is 14.3. The van der Waals surface area contributed by atoms with Crippen molar-refractivity contribution >= 4 is 0 Å². The van der Waals surface area contributed by atoms with Crippen molar-refractivity contribution < 1.29 is 80.1 Å². The smallest absolute Gasteiger partial charge is 0.206 e. The summed E-state index contributed by atoms with van der Waals surface area (Å²) in [5.41, 5.74) is 3.31. The predicted molar refractivity (Wildman–Crippen MR) is 302 cm³/mol. The number of aromatic nitrogens is 20. The van der Waals surface area contributed by atoms with E-state index in [1.165, 1.54) is 73.7 Å². The standard InChI is InChI=1S/C23H20F4N6.C22H19F4N7.C18H11F4N7/c1-13-9-18-16-10-14(21(2,3)4)5-7-30(16)23(32(18)28-13)31-8-6-15(24)11-17(31)19-12-20(22(25,26)27)29-33(19)23;1-12-27-19-17-9-13(20(2,3)4)5-7-31(17)22(33(19)28-12)30-8-6-14(23)10-15(30)16-11-18(21(24,25)26)29-32(16)22;1-10-23-16-12-4-2-3-6-26(12)18(29(16)24-10)27-7-5-11(19)8-13(27)14-9-15(17(20,21)22)25-28(14)18/h5-12H,1-4H3;5-11H,1-4H3;2-9H,1H3/q3*+2. The van der Waals surface area contributed by atoms with Crippen LogP contribution in [0.1, 0.15) is 87.1 Å². The summed E-state index contributed by atoms with van der Waals surface area (Å²) in [5.74, 6) is -4.21. The molecule has 12 aromatic rings. The van der Waals surface area contributed by atoms with Crippen LogP contribution in [-0.2, 0) is 47.1 Å². The molecule has 0 fully saturated rings. The van der Waals surface area contributed by atoms with Gasteiger partial charge in [0.25, 0.3) is 11.4 Å². The number of halogens is 12. The molecule has 480 valence electrons. The van der Waals surface area contributed by atoms with Gasteiger partial charge in [0.05, 0.1) is 5.69 Å². The largest absolute Gasteiger partial charge is 0.584 e. The first kappa shape index (κ1) is 59.2. The molecule has 95 heavy (non-hydrogen) atoms. The summed E-state index contributed by atoms with van der Waals surface area (Å²) in [6.07, 6.45) is -4.13. The zero-order valence-corrected chi connectivity index (χ0v) is 51.3. The van der Waals surface area contributed by atoms with Gasteiger partial charge in [0, 0.05) is 91.0 Å². The van der Waals surface area contributed by atoms with E-state index in [9.17, 15) is 52.7 Å². The number of hydrogen-bond donors (Lipinski definition) is 0. The normalized spacial score (nSPS) is 18.5. The first-order valence-corrected chi connectivity index (χ1v) is 29.5. The van der Waals surface area contributed by atoms with E-state index in [4.69, 9.17) is 0 Å². The first-order valence-electron chi connectivity index (χ1n) is 29.5. The van der Waals surface area contributed by atoms with Gasteiger partial charge in [0.1, 0.15) is 34.8 Å². The van der Waals surface area contributed by atoms with E-state index in [1.807, 2.05) is 48.0 Å². The highest BCUT2D eigenvalue weighted by atomic mass is 19.4. The van der Waals surface area contributed by atoms with Crippen molar-refractivity contribution in [3.05, 3.63) is 203 Å². The maximum absolute atomic E-state index is 14.3. The van der Waals surface area contributed by atoms with Gasteiger partial charge in [-0.2, -0.15) is 59.9 Å². The second-order valence-electron chi connectivity index (χ2n) is 25.7. The Morgan fingerprint density at radius 1 is 0.337 bits per heavy atom. The molecule has 0 radical (unpaired) electrons. The SMILES string of the molecule is Cc1cc2n(n1)C1(n3nc(C(F)(F)F)cc3-c3cc(F)cc[n+]31)[n+]1ccc(C(C)(C)C)cc1-2.Cc1nc2n(n1)C1(n3nc(C(F)(F)F)cc3-c3cc(F)cc[n+]31)[n+]1ccc(C(C)(C)C)cc1-2.Cc1nc2n(n1)C1(n3nc(C(F)(F)F)cc3-c3cc(F)cc[n+]31)[n+]1ccccc1-2. The number of nitrogens with zero attached hydrogens (tertiary/aromatic N) is 20. The monoisotopic (exact) mass is 1310 g/mol. The highest BCUT2D eigenvalue weighted by molar-refractivity contribution is 5.61. The summed E-state index contributed by atoms with van der Waals surface area (Å²) in [4.78, 5) is 9.02. The Morgan fingerprint density at radius 3 is 1.06 bits per heavy atom. The zero-order valence-electron chi connectivity index (χ0n) is 51.3. The predicted octanol–water partition coefficient (Wildman–Crippen LogP) is 8.27. The lowest BCUT2D eigenvalue weighted by Crippen LogP contribution is -2.77. The fourth-order valence-electron chi connectivity index (χ4n) is 13.6. The van der Waals surface area contributed by atoms with Crippen molar-refractivity contribution in [1.82, 2.24) is 68.7 Å². The third kappa shape index (κ3) is 7.91. The van der Waals surface area contributed by atoms with Crippen molar-refractivity contribution in [3.8, 4) is 68.6 Å². The molecule has 18 rings (SSSR count). The van der Waals surface area contributed by atoms with Crippen LogP contribution in [0.2, 0.25) is 0 Å².